The maximum Gasteiger partial charge on any atom is 0.304 e. The molecule has 0 aromatic heterocycles. The molecule has 0 radical (unpaired) electrons. The highest BCUT2D eigenvalue weighted by molar-refractivity contribution is 8.00. The maximum absolute atomic E-state index is 11.8. The Morgan fingerprint density at radius 1 is 1.10 bits per heavy atom. The van der Waals surface area contributed by atoms with E-state index < -0.39 is 11.4 Å². The van der Waals surface area contributed by atoms with Crippen molar-refractivity contribution in [2.45, 2.75) is 60.7 Å². The van der Waals surface area contributed by atoms with E-state index in [-0.39, 0.29) is 10.9 Å². The van der Waals surface area contributed by atoms with Crippen molar-refractivity contribution in [3.05, 3.63) is 30.3 Å². The monoisotopic (exact) mass is 326 g/mol. The summed E-state index contributed by atoms with van der Waals surface area (Å²) in [4.78, 5) is 1.28. The minimum atomic E-state index is -1.59. The summed E-state index contributed by atoms with van der Waals surface area (Å²) in [5.41, 5.74) is 0. The van der Waals surface area contributed by atoms with Gasteiger partial charge in [-0.15, -0.1) is 11.8 Å². The Morgan fingerprint density at radius 3 is 2.62 bits per heavy atom. The van der Waals surface area contributed by atoms with Crippen LogP contribution in [0.2, 0.25) is 0 Å². The Hall–Kier alpha value is -0.360. The van der Waals surface area contributed by atoms with Crippen LogP contribution in [0, 0.1) is 0 Å². The Morgan fingerprint density at radius 2 is 1.86 bits per heavy atom. The number of benzene rings is 1. The lowest BCUT2D eigenvalue weighted by molar-refractivity contribution is 0.135. The van der Waals surface area contributed by atoms with Crippen molar-refractivity contribution in [3.8, 4) is 0 Å². The van der Waals surface area contributed by atoms with Crippen LogP contribution < -0.4 is 0 Å². The third-order valence-corrected chi connectivity index (χ3v) is 6.67. The molecule has 1 saturated heterocycles. The van der Waals surface area contributed by atoms with Gasteiger partial charge >= 0.3 is 11.4 Å². The second-order valence-corrected chi connectivity index (χ2v) is 8.12. The molecule has 1 heterocycles. The van der Waals surface area contributed by atoms with E-state index >= 15 is 0 Å². The molecule has 2 aliphatic rings. The standard InChI is InChI=1S/C16H22O3S2/c17-21-18-13-7-10-15(19-21)16(11-5-2-6-12-16)20-14-8-3-1-4-9-14/h1,3-4,8-9,15H,2,5-7,10-13H2. The third-order valence-electron chi connectivity index (χ3n) is 4.34. The van der Waals surface area contributed by atoms with Gasteiger partial charge in [-0.25, -0.2) is 0 Å². The normalized spacial score (nSPS) is 29.7. The molecule has 0 N–H and O–H groups in total. The molecule has 2 unspecified atom stereocenters. The SMILES string of the molecule is O=S1OCCCC(C2(Sc3ccccc3)CCCCC2)O1. The largest absolute Gasteiger partial charge is 0.304 e. The number of thioether (sulfide) groups is 1. The molecule has 21 heavy (non-hydrogen) atoms. The lowest BCUT2D eigenvalue weighted by atomic mass is 9.82. The Bertz CT molecular complexity index is 472. The summed E-state index contributed by atoms with van der Waals surface area (Å²) in [5.74, 6) is 0. The smallest absolute Gasteiger partial charge is 0.268 e. The Balaban J connectivity index is 1.83. The zero-order valence-corrected chi connectivity index (χ0v) is 13.8. The van der Waals surface area contributed by atoms with Crippen LogP contribution in [0.25, 0.3) is 0 Å². The molecule has 3 rings (SSSR count). The van der Waals surface area contributed by atoms with Crippen molar-refractivity contribution in [3.63, 3.8) is 0 Å². The minimum Gasteiger partial charge on any atom is -0.268 e. The Kier molecular flexibility index (Phi) is 5.38. The third kappa shape index (κ3) is 3.89. The number of rotatable bonds is 3. The van der Waals surface area contributed by atoms with Crippen LogP contribution in [0.1, 0.15) is 44.9 Å². The van der Waals surface area contributed by atoms with Crippen molar-refractivity contribution < 1.29 is 12.6 Å². The van der Waals surface area contributed by atoms with Crippen LogP contribution in [0.4, 0.5) is 0 Å². The lowest BCUT2D eigenvalue weighted by Crippen LogP contribution is -2.42. The van der Waals surface area contributed by atoms with Crippen molar-refractivity contribution in [2.75, 3.05) is 6.61 Å². The first-order valence-corrected chi connectivity index (χ1v) is 9.56. The molecule has 5 heteroatoms. The summed E-state index contributed by atoms with van der Waals surface area (Å²) >= 11 is 0.328. The fraction of sp³-hybridized carbons (Fsp3) is 0.625. The number of hydrogen-bond acceptors (Lipinski definition) is 4. The van der Waals surface area contributed by atoms with E-state index in [1.54, 1.807) is 0 Å². The van der Waals surface area contributed by atoms with E-state index in [0.717, 1.165) is 25.7 Å². The van der Waals surface area contributed by atoms with E-state index in [2.05, 4.69) is 24.3 Å². The average Bonchev–Trinajstić information content (AvgIpc) is 2.74. The van der Waals surface area contributed by atoms with Crippen molar-refractivity contribution in [2.24, 2.45) is 0 Å². The summed E-state index contributed by atoms with van der Waals surface area (Å²) in [6.45, 7) is 0.537. The molecular weight excluding hydrogens is 304 g/mol. The molecule has 1 aliphatic carbocycles. The first-order valence-electron chi connectivity index (χ1n) is 7.75. The van der Waals surface area contributed by atoms with E-state index in [4.69, 9.17) is 8.37 Å². The second kappa shape index (κ2) is 7.27. The minimum absolute atomic E-state index is 0.0198. The van der Waals surface area contributed by atoms with Gasteiger partial charge in [0.15, 0.2) is 0 Å². The van der Waals surface area contributed by atoms with Crippen LogP contribution >= 0.6 is 11.8 Å². The fourth-order valence-corrected chi connectivity index (χ4v) is 5.67. The van der Waals surface area contributed by atoms with Crippen LogP contribution in [0.15, 0.2) is 35.2 Å². The molecule has 0 bridgehead atoms. The predicted octanol–water partition coefficient (Wildman–Crippen LogP) is 4.26. The Labute approximate surface area is 133 Å². The van der Waals surface area contributed by atoms with Crippen LogP contribution in [0.3, 0.4) is 0 Å². The van der Waals surface area contributed by atoms with E-state index in [9.17, 15) is 4.21 Å². The highest BCUT2D eigenvalue weighted by atomic mass is 32.2. The molecule has 1 saturated carbocycles. The summed E-state index contributed by atoms with van der Waals surface area (Å²) in [7, 11) is 0. The van der Waals surface area contributed by atoms with Gasteiger partial charge in [0, 0.05) is 9.64 Å². The van der Waals surface area contributed by atoms with Crippen molar-refractivity contribution in [1.82, 2.24) is 0 Å². The van der Waals surface area contributed by atoms with E-state index in [0.29, 0.717) is 6.61 Å². The highest BCUT2D eigenvalue weighted by Gasteiger charge is 2.43. The molecule has 2 atom stereocenters. The number of hydrogen-bond donors (Lipinski definition) is 0. The molecule has 3 nitrogen and oxygen atoms in total. The lowest BCUT2D eigenvalue weighted by Gasteiger charge is -2.41. The van der Waals surface area contributed by atoms with Gasteiger partial charge in [-0.3, -0.25) is 8.37 Å². The summed E-state index contributed by atoms with van der Waals surface area (Å²) < 4.78 is 22.7. The molecule has 2 fully saturated rings. The van der Waals surface area contributed by atoms with Crippen LogP contribution in [-0.2, 0) is 19.7 Å². The fourth-order valence-electron chi connectivity index (χ4n) is 3.28. The van der Waals surface area contributed by atoms with Gasteiger partial charge in [-0.1, -0.05) is 37.5 Å². The molecular formula is C16H22O3S2. The van der Waals surface area contributed by atoms with Crippen LogP contribution in [-0.4, -0.2) is 21.7 Å². The quantitative estimate of drug-likeness (QED) is 0.831. The zero-order valence-electron chi connectivity index (χ0n) is 12.2. The van der Waals surface area contributed by atoms with Crippen molar-refractivity contribution >= 4 is 23.1 Å². The van der Waals surface area contributed by atoms with Crippen molar-refractivity contribution in [1.29, 1.82) is 0 Å². The van der Waals surface area contributed by atoms with E-state index in [1.807, 2.05) is 17.8 Å². The first-order chi connectivity index (χ1) is 10.3. The molecule has 116 valence electrons. The molecule has 1 aliphatic heterocycles. The van der Waals surface area contributed by atoms with Gasteiger partial charge in [-0.2, -0.15) is 4.21 Å². The van der Waals surface area contributed by atoms with Gasteiger partial charge in [-0.05, 0) is 37.8 Å². The second-order valence-electron chi connectivity index (χ2n) is 5.79. The molecule has 0 amide bonds. The topological polar surface area (TPSA) is 35.5 Å². The van der Waals surface area contributed by atoms with Crippen LogP contribution in [0.5, 0.6) is 0 Å². The molecule has 1 aromatic carbocycles. The molecule has 1 aromatic rings. The van der Waals surface area contributed by atoms with Gasteiger partial charge in [0.05, 0.1) is 12.7 Å². The molecule has 0 spiro atoms. The summed E-state index contributed by atoms with van der Waals surface area (Å²) in [6, 6.07) is 10.5. The average molecular weight is 326 g/mol. The highest BCUT2D eigenvalue weighted by Crippen LogP contribution is 2.48. The van der Waals surface area contributed by atoms with Gasteiger partial charge < -0.3 is 0 Å². The van der Waals surface area contributed by atoms with Gasteiger partial charge in [0.25, 0.3) is 0 Å². The summed E-state index contributed by atoms with van der Waals surface area (Å²) in [6.07, 6.45) is 7.90. The maximum atomic E-state index is 11.8. The predicted molar refractivity (Wildman–Crippen MR) is 86.3 cm³/mol. The first kappa shape index (κ1) is 15.5. The summed E-state index contributed by atoms with van der Waals surface area (Å²) in [5, 5.41) is 0. The van der Waals surface area contributed by atoms with E-state index in [1.165, 1.54) is 24.2 Å². The van der Waals surface area contributed by atoms with Gasteiger partial charge in [0.2, 0.25) is 0 Å². The van der Waals surface area contributed by atoms with Gasteiger partial charge in [0.1, 0.15) is 0 Å². The zero-order chi connectivity index (χ0) is 14.5.